The average molecular weight is 328 g/mol. The van der Waals surface area contributed by atoms with Crippen molar-refractivity contribution in [3.8, 4) is 0 Å². The van der Waals surface area contributed by atoms with Crippen molar-refractivity contribution in [2.45, 2.75) is 25.3 Å². The average Bonchev–Trinajstić information content (AvgIpc) is 3.04. The molecule has 1 saturated carbocycles. The number of thiazole rings is 1. The van der Waals surface area contributed by atoms with Crippen molar-refractivity contribution in [2.75, 3.05) is 6.54 Å². The molecule has 0 bridgehead atoms. The van der Waals surface area contributed by atoms with E-state index in [-0.39, 0.29) is 5.91 Å². The second kappa shape index (κ2) is 5.82. The van der Waals surface area contributed by atoms with Crippen molar-refractivity contribution in [1.82, 2.24) is 9.88 Å². The number of hydrogen-bond donors (Lipinski definition) is 0. The van der Waals surface area contributed by atoms with E-state index in [9.17, 15) is 4.79 Å². The minimum Gasteiger partial charge on any atom is -0.335 e. The van der Waals surface area contributed by atoms with Crippen molar-refractivity contribution in [3.63, 3.8) is 0 Å². The molecule has 0 saturated heterocycles. The highest BCUT2D eigenvalue weighted by atomic mass is 32.1. The smallest absolute Gasteiger partial charge is 0.254 e. The van der Waals surface area contributed by atoms with Crippen LogP contribution in [0.25, 0.3) is 10.2 Å². The highest BCUT2D eigenvalue weighted by Crippen LogP contribution is 2.29. The van der Waals surface area contributed by atoms with Crippen LogP contribution in [0.2, 0.25) is 0 Å². The summed E-state index contributed by atoms with van der Waals surface area (Å²) >= 11 is 3.35. The summed E-state index contributed by atoms with van der Waals surface area (Å²) in [6.45, 7) is 0.810. The van der Waals surface area contributed by atoms with E-state index in [0.717, 1.165) is 41.6 Å². The van der Waals surface area contributed by atoms with Gasteiger partial charge < -0.3 is 4.90 Å². The Kier molecular flexibility index (Phi) is 3.68. The van der Waals surface area contributed by atoms with Gasteiger partial charge in [0.15, 0.2) is 0 Å². The molecule has 0 unspecified atom stereocenters. The van der Waals surface area contributed by atoms with E-state index < -0.39 is 0 Å². The van der Waals surface area contributed by atoms with Gasteiger partial charge in [0, 0.05) is 23.0 Å². The first-order chi connectivity index (χ1) is 10.8. The van der Waals surface area contributed by atoms with Crippen molar-refractivity contribution in [2.24, 2.45) is 0 Å². The molecule has 1 aliphatic rings. The van der Waals surface area contributed by atoms with Crippen LogP contribution in [0.1, 0.15) is 28.1 Å². The zero-order chi connectivity index (χ0) is 14.9. The highest BCUT2D eigenvalue weighted by Gasteiger charge is 2.32. The first-order valence-electron chi connectivity index (χ1n) is 7.48. The molecule has 22 heavy (non-hydrogen) atoms. The third kappa shape index (κ3) is 2.78. The number of nitrogens with zero attached hydrogens (tertiary/aromatic N) is 2. The normalized spacial score (nSPS) is 14.4. The van der Waals surface area contributed by atoms with Gasteiger partial charge in [-0.25, -0.2) is 4.98 Å². The quantitative estimate of drug-likeness (QED) is 0.703. The third-order valence-electron chi connectivity index (χ3n) is 4.01. The highest BCUT2D eigenvalue weighted by molar-refractivity contribution is 7.16. The predicted octanol–water partition coefficient (Wildman–Crippen LogP) is 4.21. The largest absolute Gasteiger partial charge is 0.335 e. The number of rotatable bonds is 5. The van der Waals surface area contributed by atoms with Gasteiger partial charge in [0.1, 0.15) is 0 Å². The van der Waals surface area contributed by atoms with Crippen LogP contribution in [0.4, 0.5) is 0 Å². The van der Waals surface area contributed by atoms with Crippen molar-refractivity contribution in [1.29, 1.82) is 0 Å². The van der Waals surface area contributed by atoms with Gasteiger partial charge >= 0.3 is 0 Å². The molecule has 1 fully saturated rings. The molecule has 4 rings (SSSR count). The van der Waals surface area contributed by atoms with Gasteiger partial charge in [-0.1, -0.05) is 6.07 Å². The van der Waals surface area contributed by atoms with Crippen LogP contribution < -0.4 is 0 Å². The van der Waals surface area contributed by atoms with Gasteiger partial charge in [-0.3, -0.25) is 4.79 Å². The number of amides is 1. The molecule has 5 heteroatoms. The predicted molar refractivity (Wildman–Crippen MR) is 91.7 cm³/mol. The Hall–Kier alpha value is -1.72. The summed E-state index contributed by atoms with van der Waals surface area (Å²) < 4.78 is 1.08. The lowest BCUT2D eigenvalue weighted by molar-refractivity contribution is 0.0745. The minimum absolute atomic E-state index is 0.161. The third-order valence-corrected chi connectivity index (χ3v) is 5.73. The minimum atomic E-state index is 0.161. The van der Waals surface area contributed by atoms with Gasteiger partial charge in [0.2, 0.25) is 0 Å². The van der Waals surface area contributed by atoms with E-state index in [0.29, 0.717) is 6.04 Å². The Bertz CT molecular complexity index is 790. The summed E-state index contributed by atoms with van der Waals surface area (Å²) in [4.78, 5) is 20.5. The van der Waals surface area contributed by atoms with Gasteiger partial charge in [-0.05, 0) is 48.9 Å². The first-order valence-corrected chi connectivity index (χ1v) is 9.24. The Balaban J connectivity index is 1.54. The van der Waals surface area contributed by atoms with E-state index >= 15 is 0 Å². The van der Waals surface area contributed by atoms with Crippen LogP contribution >= 0.6 is 22.7 Å². The van der Waals surface area contributed by atoms with Crippen molar-refractivity contribution in [3.05, 3.63) is 51.7 Å². The molecule has 3 nitrogen and oxygen atoms in total. The van der Waals surface area contributed by atoms with E-state index in [1.807, 2.05) is 23.7 Å². The second-order valence-corrected chi connectivity index (χ2v) is 7.51. The van der Waals surface area contributed by atoms with Crippen LogP contribution in [0, 0.1) is 0 Å². The number of carbonyl (C=O) groups is 1. The van der Waals surface area contributed by atoms with Crippen LogP contribution in [0.5, 0.6) is 0 Å². The molecule has 3 aromatic rings. The summed E-state index contributed by atoms with van der Waals surface area (Å²) in [7, 11) is 0. The maximum absolute atomic E-state index is 12.9. The molecule has 1 amide bonds. The summed E-state index contributed by atoms with van der Waals surface area (Å²) in [5.74, 6) is 0.161. The Morgan fingerprint density at radius 3 is 2.95 bits per heavy atom. The molecule has 0 atom stereocenters. The van der Waals surface area contributed by atoms with E-state index in [4.69, 9.17) is 0 Å². The fourth-order valence-electron chi connectivity index (χ4n) is 2.68. The molecular weight excluding hydrogens is 312 g/mol. The van der Waals surface area contributed by atoms with Gasteiger partial charge in [-0.2, -0.15) is 0 Å². The summed E-state index contributed by atoms with van der Waals surface area (Å²) in [6.07, 6.45) is 3.22. The molecule has 0 spiro atoms. The zero-order valence-corrected chi connectivity index (χ0v) is 13.7. The summed E-state index contributed by atoms with van der Waals surface area (Å²) in [5, 5.41) is 2.09. The Morgan fingerprint density at radius 1 is 1.27 bits per heavy atom. The fourth-order valence-corrected chi connectivity index (χ4v) is 4.09. The number of hydrogen-bond acceptors (Lipinski definition) is 4. The molecule has 0 aliphatic heterocycles. The van der Waals surface area contributed by atoms with Crippen LogP contribution in [-0.2, 0) is 6.42 Å². The topological polar surface area (TPSA) is 33.2 Å². The molecule has 1 aliphatic carbocycles. The summed E-state index contributed by atoms with van der Waals surface area (Å²) in [6, 6.07) is 10.5. The van der Waals surface area contributed by atoms with Crippen molar-refractivity contribution >= 4 is 38.8 Å². The summed E-state index contributed by atoms with van der Waals surface area (Å²) in [5.41, 5.74) is 3.59. The van der Waals surface area contributed by atoms with Gasteiger partial charge in [0.05, 0.1) is 15.7 Å². The molecule has 2 aromatic heterocycles. The second-order valence-electron chi connectivity index (χ2n) is 5.59. The number of aromatic nitrogens is 1. The maximum Gasteiger partial charge on any atom is 0.254 e. The maximum atomic E-state index is 12.9. The Labute approximate surface area is 137 Å². The number of benzene rings is 1. The first kappa shape index (κ1) is 13.9. The van der Waals surface area contributed by atoms with E-state index in [1.165, 1.54) is 4.88 Å². The fraction of sp³-hybridized carbons (Fsp3) is 0.294. The molecule has 112 valence electrons. The lowest BCUT2D eigenvalue weighted by Crippen LogP contribution is -2.34. The van der Waals surface area contributed by atoms with Gasteiger partial charge in [0.25, 0.3) is 5.91 Å². The lowest BCUT2D eigenvalue weighted by atomic mass is 10.1. The van der Waals surface area contributed by atoms with E-state index in [1.54, 1.807) is 22.7 Å². The SMILES string of the molecule is O=C(c1ccc2ncsc2c1)N(CCc1cccs1)C1CC1. The number of carbonyl (C=O) groups excluding carboxylic acids is 1. The molecule has 2 heterocycles. The standard InChI is InChI=1S/C17H16N2OS2/c20-17(12-3-6-15-16(10-12)22-11-18-15)19(13-4-5-13)8-7-14-2-1-9-21-14/h1-3,6,9-11,13H,4-5,7-8H2. The van der Waals surface area contributed by atoms with Gasteiger partial charge in [-0.15, -0.1) is 22.7 Å². The van der Waals surface area contributed by atoms with Crippen LogP contribution in [0.3, 0.4) is 0 Å². The molecule has 0 radical (unpaired) electrons. The number of fused-ring (bicyclic) bond motifs is 1. The van der Waals surface area contributed by atoms with Crippen LogP contribution in [-0.4, -0.2) is 28.4 Å². The van der Waals surface area contributed by atoms with Crippen molar-refractivity contribution < 1.29 is 4.79 Å². The number of thiophene rings is 1. The lowest BCUT2D eigenvalue weighted by Gasteiger charge is -2.22. The van der Waals surface area contributed by atoms with Crippen LogP contribution in [0.15, 0.2) is 41.2 Å². The molecule has 1 aromatic carbocycles. The zero-order valence-electron chi connectivity index (χ0n) is 12.1. The van der Waals surface area contributed by atoms with E-state index in [2.05, 4.69) is 27.4 Å². The molecule has 0 N–H and O–H groups in total. The molecular formula is C17H16N2OS2. The monoisotopic (exact) mass is 328 g/mol. The Morgan fingerprint density at radius 2 is 2.18 bits per heavy atom.